The first-order chi connectivity index (χ1) is 13.5. The molecule has 1 aliphatic heterocycles. The Morgan fingerprint density at radius 3 is 2.45 bits per heavy atom. The molecule has 3 nitrogen and oxygen atoms in total. The van der Waals surface area contributed by atoms with Crippen LogP contribution in [0.15, 0.2) is 0 Å². The third kappa shape index (κ3) is 3.02. The van der Waals surface area contributed by atoms with E-state index in [1.165, 1.54) is 44.9 Å². The first-order valence-corrected chi connectivity index (χ1v) is 12.5. The van der Waals surface area contributed by atoms with Crippen molar-refractivity contribution in [1.82, 2.24) is 0 Å². The van der Waals surface area contributed by atoms with E-state index in [2.05, 4.69) is 41.5 Å². The maximum absolute atomic E-state index is 10.3. The van der Waals surface area contributed by atoms with Crippen molar-refractivity contribution in [1.29, 1.82) is 0 Å². The Labute approximate surface area is 178 Å². The second kappa shape index (κ2) is 6.48. The summed E-state index contributed by atoms with van der Waals surface area (Å²) in [5.74, 6) is 3.20. The molecule has 9 unspecified atom stereocenters. The van der Waals surface area contributed by atoms with Crippen LogP contribution in [0.25, 0.3) is 0 Å². The second-order valence-corrected chi connectivity index (χ2v) is 13.3. The van der Waals surface area contributed by atoms with Gasteiger partial charge in [-0.25, -0.2) is 0 Å². The van der Waals surface area contributed by atoms with Crippen molar-refractivity contribution in [2.24, 2.45) is 34.5 Å². The summed E-state index contributed by atoms with van der Waals surface area (Å²) in [6.07, 6.45) is 11.3. The minimum Gasteiger partial charge on any atom is -0.405 e. The number of aliphatic hydroxyl groups excluding tert-OH is 1. The third-order valence-corrected chi connectivity index (χ3v) is 10.5. The lowest BCUT2D eigenvalue weighted by molar-refractivity contribution is -0.120. The first kappa shape index (κ1) is 20.8. The predicted octanol–water partition coefficient (Wildman–Crippen LogP) is 5.85. The van der Waals surface area contributed by atoms with Gasteiger partial charge in [0, 0.05) is 0 Å². The van der Waals surface area contributed by atoms with E-state index in [4.69, 9.17) is 9.31 Å². The standard InChI is InChI=1S/C25H43BO3/c1-16-25(29-26(28-16)22(2,3)4)14-21-19-8-7-17-13-18(27)9-12-24(17,6)20(19)10-11-23(21,5)15-25/h16-21,27H,7-15H2,1-6H3. The summed E-state index contributed by atoms with van der Waals surface area (Å²) < 4.78 is 13.2. The number of hydrogen-bond donors (Lipinski definition) is 1. The molecule has 1 N–H and O–H groups in total. The minimum atomic E-state index is -0.0786. The molecule has 0 amide bonds. The van der Waals surface area contributed by atoms with Crippen molar-refractivity contribution >= 4 is 7.12 Å². The van der Waals surface area contributed by atoms with Crippen molar-refractivity contribution in [3.05, 3.63) is 0 Å². The lowest BCUT2D eigenvalue weighted by Gasteiger charge is -2.60. The quantitative estimate of drug-likeness (QED) is 0.517. The summed E-state index contributed by atoms with van der Waals surface area (Å²) in [6.45, 7) is 14.1. The van der Waals surface area contributed by atoms with Gasteiger partial charge in [-0.05, 0) is 105 Å². The molecule has 5 rings (SSSR count). The lowest BCUT2D eigenvalue weighted by Crippen LogP contribution is -2.53. The molecule has 1 heterocycles. The molecule has 0 aromatic heterocycles. The van der Waals surface area contributed by atoms with E-state index in [9.17, 15) is 5.11 Å². The Morgan fingerprint density at radius 2 is 1.76 bits per heavy atom. The van der Waals surface area contributed by atoms with Crippen LogP contribution in [0.2, 0.25) is 5.31 Å². The van der Waals surface area contributed by atoms with Gasteiger partial charge in [-0.2, -0.15) is 0 Å². The van der Waals surface area contributed by atoms with Gasteiger partial charge >= 0.3 is 7.12 Å². The molecule has 4 heteroatoms. The van der Waals surface area contributed by atoms with Crippen molar-refractivity contribution < 1.29 is 14.4 Å². The zero-order chi connectivity index (χ0) is 20.8. The molecule has 29 heavy (non-hydrogen) atoms. The summed E-state index contributed by atoms with van der Waals surface area (Å²) >= 11 is 0. The SMILES string of the molecule is CC1OB(C(C)(C)C)OC12CC1C3CCC4CC(O)CCC4(C)C3CCC1(C)C2. The molecule has 0 aromatic rings. The third-order valence-electron chi connectivity index (χ3n) is 10.5. The molecular weight excluding hydrogens is 359 g/mol. The fraction of sp³-hybridized carbons (Fsp3) is 1.00. The van der Waals surface area contributed by atoms with Gasteiger partial charge in [0.25, 0.3) is 0 Å². The van der Waals surface area contributed by atoms with E-state index in [1.807, 2.05) is 0 Å². The predicted molar refractivity (Wildman–Crippen MR) is 118 cm³/mol. The van der Waals surface area contributed by atoms with Crippen LogP contribution in [-0.4, -0.2) is 30.0 Å². The van der Waals surface area contributed by atoms with Crippen LogP contribution >= 0.6 is 0 Å². The van der Waals surface area contributed by atoms with E-state index in [0.717, 1.165) is 36.5 Å². The molecule has 0 bridgehead atoms. The Balaban J connectivity index is 1.41. The van der Waals surface area contributed by atoms with Crippen LogP contribution < -0.4 is 0 Å². The largest absolute Gasteiger partial charge is 0.463 e. The second-order valence-electron chi connectivity index (χ2n) is 13.3. The van der Waals surface area contributed by atoms with Crippen LogP contribution in [0.5, 0.6) is 0 Å². The Morgan fingerprint density at radius 1 is 1.00 bits per heavy atom. The van der Waals surface area contributed by atoms with Gasteiger partial charge < -0.3 is 14.4 Å². The summed E-state index contributed by atoms with van der Waals surface area (Å²) in [5, 5.41) is 10.3. The average Bonchev–Trinajstić information content (AvgIpc) is 3.11. The number of hydrogen-bond acceptors (Lipinski definition) is 3. The average molecular weight is 402 g/mol. The summed E-state index contributed by atoms with van der Waals surface area (Å²) in [5.41, 5.74) is 0.779. The number of aliphatic hydroxyl groups is 1. The molecule has 1 spiro atoms. The van der Waals surface area contributed by atoms with E-state index >= 15 is 0 Å². The highest BCUT2D eigenvalue weighted by Gasteiger charge is 2.66. The summed E-state index contributed by atoms with van der Waals surface area (Å²) in [6, 6.07) is 0. The maximum atomic E-state index is 10.3. The highest BCUT2D eigenvalue weighted by atomic mass is 16.7. The van der Waals surface area contributed by atoms with Crippen molar-refractivity contribution in [3.8, 4) is 0 Å². The topological polar surface area (TPSA) is 38.7 Å². The van der Waals surface area contributed by atoms with Gasteiger partial charge in [0.15, 0.2) is 0 Å². The van der Waals surface area contributed by atoms with Gasteiger partial charge in [0.1, 0.15) is 0 Å². The van der Waals surface area contributed by atoms with Gasteiger partial charge in [-0.15, -0.1) is 0 Å². The molecule has 0 aromatic carbocycles. The summed E-state index contributed by atoms with van der Waals surface area (Å²) in [7, 11) is -0.0786. The minimum absolute atomic E-state index is 0.0312. The normalized spacial score (nSPS) is 54.9. The fourth-order valence-electron chi connectivity index (χ4n) is 8.80. The fourth-order valence-corrected chi connectivity index (χ4v) is 8.80. The highest BCUT2D eigenvalue weighted by molar-refractivity contribution is 6.49. The van der Waals surface area contributed by atoms with Gasteiger partial charge in [-0.1, -0.05) is 34.6 Å². The molecule has 5 fully saturated rings. The van der Waals surface area contributed by atoms with Crippen LogP contribution in [0, 0.1) is 34.5 Å². The Bertz CT molecular complexity index is 661. The van der Waals surface area contributed by atoms with Crippen molar-refractivity contribution in [3.63, 3.8) is 0 Å². The van der Waals surface area contributed by atoms with Crippen LogP contribution in [0.3, 0.4) is 0 Å². The number of fused-ring (bicyclic) bond motifs is 5. The van der Waals surface area contributed by atoms with E-state index in [0.29, 0.717) is 10.8 Å². The first-order valence-electron chi connectivity index (χ1n) is 12.5. The molecular formula is C25H43BO3. The zero-order valence-electron chi connectivity index (χ0n) is 19.7. The number of rotatable bonds is 0. The molecule has 164 valence electrons. The van der Waals surface area contributed by atoms with E-state index < -0.39 is 0 Å². The Hall–Kier alpha value is -0.0551. The van der Waals surface area contributed by atoms with Crippen molar-refractivity contribution in [2.75, 3.05) is 0 Å². The van der Waals surface area contributed by atoms with Crippen molar-refractivity contribution in [2.45, 2.75) is 122 Å². The molecule has 4 saturated carbocycles. The van der Waals surface area contributed by atoms with E-state index in [1.54, 1.807) is 0 Å². The maximum Gasteiger partial charge on any atom is 0.463 e. The van der Waals surface area contributed by atoms with Gasteiger partial charge in [0.2, 0.25) is 0 Å². The molecule has 5 aliphatic rings. The highest BCUT2D eigenvalue weighted by Crippen LogP contribution is 2.69. The van der Waals surface area contributed by atoms with E-state index in [-0.39, 0.29) is 30.2 Å². The van der Waals surface area contributed by atoms with Gasteiger partial charge in [-0.3, -0.25) is 0 Å². The lowest BCUT2D eigenvalue weighted by atomic mass is 9.45. The molecule has 0 radical (unpaired) electrons. The molecule has 4 aliphatic carbocycles. The van der Waals surface area contributed by atoms with Crippen LogP contribution in [0.4, 0.5) is 0 Å². The monoisotopic (exact) mass is 402 g/mol. The molecule has 1 saturated heterocycles. The molecule has 9 atom stereocenters. The zero-order valence-corrected chi connectivity index (χ0v) is 19.7. The summed E-state index contributed by atoms with van der Waals surface area (Å²) in [4.78, 5) is 0. The van der Waals surface area contributed by atoms with Gasteiger partial charge in [0.05, 0.1) is 17.8 Å². The van der Waals surface area contributed by atoms with Crippen LogP contribution in [-0.2, 0) is 9.31 Å². The van der Waals surface area contributed by atoms with Crippen LogP contribution in [0.1, 0.15) is 99.3 Å². The Kier molecular flexibility index (Phi) is 4.66. The smallest absolute Gasteiger partial charge is 0.405 e.